The third-order valence-electron chi connectivity index (χ3n) is 2.45. The van der Waals surface area contributed by atoms with Crippen LogP contribution >= 0.6 is 0 Å². The Kier molecular flexibility index (Phi) is 5.60. The van der Waals surface area contributed by atoms with Crippen molar-refractivity contribution in [2.24, 2.45) is 0 Å². The number of carbonyl (C=O) groups excluding carboxylic acids is 1. The number of nitrogens with one attached hydrogen (secondary N) is 2. The summed E-state index contributed by atoms with van der Waals surface area (Å²) in [6, 6.07) is 3.29. The topological polar surface area (TPSA) is 150 Å². The van der Waals surface area contributed by atoms with Crippen LogP contribution in [0.5, 0.6) is 0 Å². The van der Waals surface area contributed by atoms with Crippen molar-refractivity contribution in [1.82, 2.24) is 4.72 Å². The number of aliphatic carboxylic acids is 1. The van der Waals surface area contributed by atoms with Gasteiger partial charge in [-0.05, 0) is 18.2 Å². The maximum atomic E-state index is 12.1. The molecule has 0 heterocycles. The SMILES string of the molecule is CC(=O)Nc1ccc(C(=O)O)c(S(=O)(=O)NCCC(=O)O)c1. The number of amides is 1. The second-order valence-corrected chi connectivity index (χ2v) is 5.97. The van der Waals surface area contributed by atoms with Gasteiger partial charge in [0.15, 0.2) is 0 Å². The highest BCUT2D eigenvalue weighted by atomic mass is 32.2. The molecule has 4 N–H and O–H groups in total. The van der Waals surface area contributed by atoms with Gasteiger partial charge >= 0.3 is 11.9 Å². The number of aromatic carboxylic acids is 1. The third-order valence-corrected chi connectivity index (χ3v) is 3.95. The van der Waals surface area contributed by atoms with Gasteiger partial charge in [-0.2, -0.15) is 0 Å². The van der Waals surface area contributed by atoms with E-state index in [9.17, 15) is 22.8 Å². The highest BCUT2D eigenvalue weighted by Crippen LogP contribution is 2.21. The number of benzene rings is 1. The van der Waals surface area contributed by atoms with Gasteiger partial charge in [-0.1, -0.05) is 0 Å². The second kappa shape index (κ2) is 7.00. The zero-order chi connectivity index (χ0) is 16.9. The zero-order valence-electron chi connectivity index (χ0n) is 11.5. The lowest BCUT2D eigenvalue weighted by Gasteiger charge is -2.11. The summed E-state index contributed by atoms with van der Waals surface area (Å²) in [5, 5.41) is 19.9. The van der Waals surface area contributed by atoms with Gasteiger partial charge in [-0.3, -0.25) is 9.59 Å². The summed E-state index contributed by atoms with van der Waals surface area (Å²) in [6.07, 6.45) is -0.451. The standard InChI is InChI=1S/C12H14N2O7S/c1-7(15)14-8-2-3-9(12(18)19)10(6-8)22(20,21)13-5-4-11(16)17/h2-3,6,13H,4-5H2,1H3,(H,14,15)(H,16,17)(H,18,19). The molecule has 1 amide bonds. The van der Waals surface area contributed by atoms with Gasteiger partial charge in [0.1, 0.15) is 0 Å². The molecule has 22 heavy (non-hydrogen) atoms. The fourth-order valence-electron chi connectivity index (χ4n) is 1.57. The normalized spacial score (nSPS) is 11.0. The fourth-order valence-corrected chi connectivity index (χ4v) is 2.83. The summed E-state index contributed by atoms with van der Waals surface area (Å²) in [7, 11) is -4.24. The van der Waals surface area contributed by atoms with Gasteiger partial charge < -0.3 is 15.5 Å². The Morgan fingerprint density at radius 1 is 1.18 bits per heavy atom. The molecule has 0 fully saturated rings. The molecule has 0 aromatic heterocycles. The molecule has 0 spiro atoms. The highest BCUT2D eigenvalue weighted by molar-refractivity contribution is 7.89. The molecule has 0 aliphatic rings. The van der Waals surface area contributed by atoms with Crippen molar-refractivity contribution in [2.75, 3.05) is 11.9 Å². The van der Waals surface area contributed by atoms with E-state index in [0.29, 0.717) is 0 Å². The number of hydrogen-bond acceptors (Lipinski definition) is 5. The molecule has 0 aliphatic carbocycles. The summed E-state index contributed by atoms with van der Waals surface area (Å²) < 4.78 is 26.2. The Balaban J connectivity index is 3.19. The first-order chi connectivity index (χ1) is 10.1. The van der Waals surface area contributed by atoms with Gasteiger partial charge in [0.2, 0.25) is 15.9 Å². The van der Waals surface area contributed by atoms with E-state index in [2.05, 4.69) is 5.32 Å². The molecule has 120 valence electrons. The Hall–Kier alpha value is -2.46. The van der Waals surface area contributed by atoms with Crippen molar-refractivity contribution in [1.29, 1.82) is 0 Å². The highest BCUT2D eigenvalue weighted by Gasteiger charge is 2.23. The molecule has 0 aliphatic heterocycles. The van der Waals surface area contributed by atoms with E-state index in [1.165, 1.54) is 13.0 Å². The molecular weight excluding hydrogens is 316 g/mol. The molecule has 1 aromatic carbocycles. The van der Waals surface area contributed by atoms with E-state index < -0.39 is 44.7 Å². The van der Waals surface area contributed by atoms with Crippen molar-refractivity contribution < 1.29 is 33.0 Å². The number of sulfonamides is 1. The van der Waals surface area contributed by atoms with Crippen molar-refractivity contribution in [3.63, 3.8) is 0 Å². The lowest BCUT2D eigenvalue weighted by molar-refractivity contribution is -0.136. The van der Waals surface area contributed by atoms with Crippen LogP contribution in [0.15, 0.2) is 23.1 Å². The quantitative estimate of drug-likeness (QED) is 0.553. The second-order valence-electron chi connectivity index (χ2n) is 4.24. The van der Waals surface area contributed by atoms with Crippen LogP contribution in [0.25, 0.3) is 0 Å². The molecule has 10 heteroatoms. The Labute approximate surface area is 126 Å². The first kappa shape index (κ1) is 17.6. The van der Waals surface area contributed by atoms with E-state index in [-0.39, 0.29) is 12.2 Å². The average Bonchev–Trinajstić information content (AvgIpc) is 2.36. The smallest absolute Gasteiger partial charge is 0.337 e. The van der Waals surface area contributed by atoms with Crippen LogP contribution in [0, 0.1) is 0 Å². The molecule has 1 aromatic rings. The van der Waals surface area contributed by atoms with Gasteiger partial charge in [-0.25, -0.2) is 17.9 Å². The minimum atomic E-state index is -4.24. The summed E-state index contributed by atoms with van der Waals surface area (Å²) in [5.74, 6) is -3.12. The molecular formula is C12H14N2O7S. The molecule has 0 radical (unpaired) electrons. The van der Waals surface area contributed by atoms with E-state index in [1.54, 1.807) is 0 Å². The predicted octanol–water partition coefficient (Wildman–Crippen LogP) is 0.0962. The lowest BCUT2D eigenvalue weighted by Crippen LogP contribution is -2.28. The zero-order valence-corrected chi connectivity index (χ0v) is 12.3. The molecule has 0 atom stereocenters. The van der Waals surface area contributed by atoms with Crippen molar-refractivity contribution in [3.8, 4) is 0 Å². The summed E-state index contributed by atoms with van der Waals surface area (Å²) in [4.78, 5) is 31.9. The number of anilines is 1. The first-order valence-corrected chi connectivity index (χ1v) is 7.48. The minimum absolute atomic E-state index is 0.108. The average molecular weight is 330 g/mol. The van der Waals surface area contributed by atoms with Gasteiger partial charge in [0.25, 0.3) is 0 Å². The van der Waals surface area contributed by atoms with Crippen molar-refractivity contribution >= 4 is 33.6 Å². The molecule has 0 saturated carbocycles. The van der Waals surface area contributed by atoms with Gasteiger partial charge in [0.05, 0.1) is 16.9 Å². The van der Waals surface area contributed by atoms with E-state index >= 15 is 0 Å². The molecule has 0 saturated heterocycles. The summed E-state index contributed by atoms with van der Waals surface area (Å²) in [6.45, 7) is 0.825. The van der Waals surface area contributed by atoms with Crippen LogP contribution in [0.3, 0.4) is 0 Å². The minimum Gasteiger partial charge on any atom is -0.481 e. The number of carbonyl (C=O) groups is 3. The van der Waals surface area contributed by atoms with E-state index in [0.717, 1.165) is 12.1 Å². The van der Waals surface area contributed by atoms with Crippen LogP contribution < -0.4 is 10.0 Å². The number of rotatable bonds is 7. The monoisotopic (exact) mass is 330 g/mol. The van der Waals surface area contributed by atoms with Crippen molar-refractivity contribution in [2.45, 2.75) is 18.2 Å². The molecule has 9 nitrogen and oxygen atoms in total. The Morgan fingerprint density at radius 3 is 2.32 bits per heavy atom. The lowest BCUT2D eigenvalue weighted by atomic mass is 10.2. The van der Waals surface area contributed by atoms with Gasteiger partial charge in [-0.15, -0.1) is 0 Å². The molecule has 0 unspecified atom stereocenters. The maximum absolute atomic E-state index is 12.1. The van der Waals surface area contributed by atoms with Crippen LogP contribution in [0.2, 0.25) is 0 Å². The van der Waals surface area contributed by atoms with Crippen LogP contribution in [-0.2, 0) is 19.6 Å². The van der Waals surface area contributed by atoms with Crippen molar-refractivity contribution in [3.05, 3.63) is 23.8 Å². The Morgan fingerprint density at radius 2 is 1.82 bits per heavy atom. The first-order valence-electron chi connectivity index (χ1n) is 6.00. The van der Waals surface area contributed by atoms with Gasteiger partial charge in [0, 0.05) is 19.2 Å². The summed E-state index contributed by atoms with van der Waals surface area (Å²) >= 11 is 0. The number of carboxylic acid groups (broad SMARTS) is 2. The third kappa shape index (κ3) is 4.82. The summed E-state index contributed by atoms with van der Waals surface area (Å²) in [5.41, 5.74) is -0.381. The largest absolute Gasteiger partial charge is 0.481 e. The van der Waals surface area contributed by atoms with Crippen LogP contribution in [0.4, 0.5) is 5.69 Å². The molecule has 1 rings (SSSR count). The van der Waals surface area contributed by atoms with Crippen LogP contribution in [0.1, 0.15) is 23.7 Å². The maximum Gasteiger partial charge on any atom is 0.337 e. The molecule has 0 bridgehead atoms. The van der Waals surface area contributed by atoms with E-state index in [4.69, 9.17) is 10.2 Å². The van der Waals surface area contributed by atoms with E-state index in [1.807, 2.05) is 4.72 Å². The fraction of sp³-hybridized carbons (Fsp3) is 0.250. The number of carboxylic acids is 2. The number of hydrogen-bond donors (Lipinski definition) is 4. The predicted molar refractivity (Wildman–Crippen MR) is 75.1 cm³/mol. The Bertz CT molecular complexity index is 712. The van der Waals surface area contributed by atoms with Crippen LogP contribution in [-0.4, -0.2) is 43.0 Å².